The Morgan fingerprint density at radius 3 is 2.53 bits per heavy atom. The van der Waals surface area contributed by atoms with Crippen LogP contribution in [-0.4, -0.2) is 9.78 Å². The van der Waals surface area contributed by atoms with Gasteiger partial charge in [-0.2, -0.15) is 5.10 Å². The minimum atomic E-state index is -0.213. The van der Waals surface area contributed by atoms with Crippen molar-refractivity contribution >= 4 is 15.9 Å². The summed E-state index contributed by atoms with van der Waals surface area (Å²) >= 11 is 3.62. The standard InChI is InChI=1S/C13H12BrFN2/c1-17-13(9-4-6-10(15)7-5-9)11(14)12(16-17)8-2-3-8/h4-8H,2-3H2,1H3. The SMILES string of the molecule is Cn1nc(C2CC2)c(Br)c1-c1ccc(F)cc1. The van der Waals surface area contributed by atoms with Crippen LogP contribution in [0.4, 0.5) is 4.39 Å². The average molecular weight is 295 g/mol. The Balaban J connectivity index is 2.10. The molecule has 0 radical (unpaired) electrons. The van der Waals surface area contributed by atoms with Crippen molar-refractivity contribution in [3.63, 3.8) is 0 Å². The normalized spacial score (nSPS) is 15.2. The third kappa shape index (κ3) is 1.90. The van der Waals surface area contributed by atoms with E-state index in [0.29, 0.717) is 5.92 Å². The second-order valence-electron chi connectivity index (χ2n) is 4.45. The first kappa shape index (κ1) is 11.0. The van der Waals surface area contributed by atoms with Gasteiger partial charge in [0, 0.05) is 18.5 Å². The van der Waals surface area contributed by atoms with Gasteiger partial charge in [-0.1, -0.05) is 0 Å². The second-order valence-corrected chi connectivity index (χ2v) is 5.25. The Bertz CT molecular complexity index is 556. The number of halogens is 2. The highest BCUT2D eigenvalue weighted by atomic mass is 79.9. The number of aromatic nitrogens is 2. The fraction of sp³-hybridized carbons (Fsp3) is 0.308. The molecule has 88 valence electrons. The molecule has 1 aliphatic rings. The molecule has 0 aliphatic heterocycles. The third-order valence-corrected chi connectivity index (χ3v) is 3.88. The fourth-order valence-corrected chi connectivity index (χ4v) is 2.95. The lowest BCUT2D eigenvalue weighted by molar-refractivity contribution is 0.628. The Morgan fingerprint density at radius 2 is 1.94 bits per heavy atom. The molecule has 0 amide bonds. The molecule has 3 rings (SSSR count). The van der Waals surface area contributed by atoms with Gasteiger partial charge in [0.1, 0.15) is 5.82 Å². The lowest BCUT2D eigenvalue weighted by Gasteiger charge is -2.02. The largest absolute Gasteiger partial charge is 0.266 e. The minimum absolute atomic E-state index is 0.213. The van der Waals surface area contributed by atoms with Crippen LogP contribution >= 0.6 is 15.9 Å². The average Bonchev–Trinajstić information content (AvgIpc) is 3.09. The maximum atomic E-state index is 12.9. The van der Waals surface area contributed by atoms with E-state index in [1.54, 1.807) is 12.1 Å². The Kier molecular flexibility index (Phi) is 2.54. The molecule has 2 nitrogen and oxygen atoms in total. The van der Waals surface area contributed by atoms with Gasteiger partial charge in [0.15, 0.2) is 0 Å². The van der Waals surface area contributed by atoms with E-state index in [9.17, 15) is 4.39 Å². The molecule has 1 fully saturated rings. The summed E-state index contributed by atoms with van der Waals surface area (Å²) in [5.41, 5.74) is 3.14. The molecule has 0 spiro atoms. The molecule has 1 aromatic carbocycles. The van der Waals surface area contributed by atoms with Crippen molar-refractivity contribution in [1.29, 1.82) is 0 Å². The van der Waals surface area contributed by atoms with Crippen LogP contribution < -0.4 is 0 Å². The van der Waals surface area contributed by atoms with Crippen LogP contribution in [0.3, 0.4) is 0 Å². The lowest BCUT2D eigenvalue weighted by Crippen LogP contribution is -1.94. The van der Waals surface area contributed by atoms with E-state index in [2.05, 4.69) is 21.0 Å². The van der Waals surface area contributed by atoms with Gasteiger partial charge in [0.2, 0.25) is 0 Å². The van der Waals surface area contributed by atoms with Gasteiger partial charge in [0.05, 0.1) is 15.9 Å². The molecule has 0 N–H and O–H groups in total. The van der Waals surface area contributed by atoms with Crippen LogP contribution in [0.5, 0.6) is 0 Å². The predicted octanol–water partition coefficient (Wildman–Crippen LogP) is 3.87. The van der Waals surface area contributed by atoms with Gasteiger partial charge in [-0.25, -0.2) is 4.39 Å². The maximum Gasteiger partial charge on any atom is 0.123 e. The van der Waals surface area contributed by atoms with E-state index < -0.39 is 0 Å². The quantitative estimate of drug-likeness (QED) is 0.822. The number of rotatable bonds is 2. The number of hydrogen-bond donors (Lipinski definition) is 0. The van der Waals surface area contributed by atoms with Crippen molar-refractivity contribution in [3.8, 4) is 11.3 Å². The predicted molar refractivity (Wildman–Crippen MR) is 68.3 cm³/mol. The zero-order valence-electron chi connectivity index (χ0n) is 9.45. The molecule has 1 heterocycles. The summed E-state index contributed by atoms with van der Waals surface area (Å²) in [6.45, 7) is 0. The van der Waals surface area contributed by atoms with E-state index in [4.69, 9.17) is 0 Å². The van der Waals surface area contributed by atoms with E-state index >= 15 is 0 Å². The van der Waals surface area contributed by atoms with Gasteiger partial charge in [0.25, 0.3) is 0 Å². The zero-order chi connectivity index (χ0) is 12.0. The number of benzene rings is 1. The summed E-state index contributed by atoms with van der Waals surface area (Å²) in [6.07, 6.45) is 2.44. The monoisotopic (exact) mass is 294 g/mol. The molecule has 0 saturated heterocycles. The van der Waals surface area contributed by atoms with Crippen LogP contribution in [0.1, 0.15) is 24.5 Å². The summed E-state index contributed by atoms with van der Waals surface area (Å²) in [7, 11) is 1.93. The number of hydrogen-bond acceptors (Lipinski definition) is 1. The van der Waals surface area contributed by atoms with Gasteiger partial charge < -0.3 is 0 Å². The Hall–Kier alpha value is -1.16. The van der Waals surface area contributed by atoms with Crippen LogP contribution in [0, 0.1) is 5.82 Å². The van der Waals surface area contributed by atoms with Crippen LogP contribution in [0.2, 0.25) is 0 Å². The molecule has 0 unspecified atom stereocenters. The highest BCUT2D eigenvalue weighted by molar-refractivity contribution is 9.10. The maximum absolute atomic E-state index is 12.9. The van der Waals surface area contributed by atoms with Crippen molar-refractivity contribution in [2.45, 2.75) is 18.8 Å². The van der Waals surface area contributed by atoms with Gasteiger partial charge in [-0.05, 0) is 53.0 Å². The van der Waals surface area contributed by atoms with Crippen LogP contribution in [0.25, 0.3) is 11.3 Å². The first-order valence-corrected chi connectivity index (χ1v) is 6.44. The van der Waals surface area contributed by atoms with Crippen molar-refractivity contribution < 1.29 is 4.39 Å². The van der Waals surface area contributed by atoms with E-state index in [0.717, 1.165) is 21.4 Å². The molecule has 1 aliphatic carbocycles. The van der Waals surface area contributed by atoms with Gasteiger partial charge in [-0.15, -0.1) is 0 Å². The minimum Gasteiger partial charge on any atom is -0.266 e. The van der Waals surface area contributed by atoms with E-state index in [1.807, 2.05) is 11.7 Å². The summed E-state index contributed by atoms with van der Waals surface area (Å²) in [5.74, 6) is 0.388. The Morgan fingerprint density at radius 1 is 1.29 bits per heavy atom. The van der Waals surface area contributed by atoms with Crippen molar-refractivity contribution in [2.24, 2.45) is 7.05 Å². The van der Waals surface area contributed by atoms with Gasteiger partial charge in [-0.3, -0.25) is 4.68 Å². The topological polar surface area (TPSA) is 17.8 Å². The Labute approximate surface area is 108 Å². The smallest absolute Gasteiger partial charge is 0.123 e. The number of aryl methyl sites for hydroxylation is 1. The van der Waals surface area contributed by atoms with E-state index in [-0.39, 0.29) is 5.82 Å². The van der Waals surface area contributed by atoms with Crippen LogP contribution in [-0.2, 0) is 7.05 Å². The molecule has 2 aromatic rings. The summed E-state index contributed by atoms with van der Waals surface area (Å²) in [4.78, 5) is 0. The molecule has 1 saturated carbocycles. The fourth-order valence-electron chi connectivity index (χ4n) is 2.06. The summed E-state index contributed by atoms with van der Waals surface area (Å²) in [5, 5.41) is 4.55. The van der Waals surface area contributed by atoms with Gasteiger partial charge >= 0.3 is 0 Å². The highest BCUT2D eigenvalue weighted by Crippen LogP contribution is 2.45. The molecule has 0 bridgehead atoms. The van der Waals surface area contributed by atoms with Crippen LogP contribution in [0.15, 0.2) is 28.7 Å². The van der Waals surface area contributed by atoms with Crippen molar-refractivity contribution in [2.75, 3.05) is 0 Å². The second kappa shape index (κ2) is 3.95. The third-order valence-electron chi connectivity index (χ3n) is 3.10. The molecular formula is C13H12BrFN2. The highest BCUT2D eigenvalue weighted by Gasteiger charge is 2.30. The molecule has 17 heavy (non-hydrogen) atoms. The van der Waals surface area contributed by atoms with Crippen molar-refractivity contribution in [3.05, 3.63) is 40.2 Å². The summed E-state index contributed by atoms with van der Waals surface area (Å²) in [6, 6.07) is 6.53. The van der Waals surface area contributed by atoms with E-state index in [1.165, 1.54) is 25.0 Å². The first-order chi connectivity index (χ1) is 8.16. The molecule has 1 aromatic heterocycles. The zero-order valence-corrected chi connectivity index (χ0v) is 11.0. The number of nitrogens with zero attached hydrogens (tertiary/aromatic N) is 2. The molecule has 0 atom stereocenters. The molecule has 4 heteroatoms. The lowest BCUT2D eigenvalue weighted by atomic mass is 10.1. The summed E-state index contributed by atoms with van der Waals surface area (Å²) < 4.78 is 15.8. The van der Waals surface area contributed by atoms with Crippen molar-refractivity contribution in [1.82, 2.24) is 9.78 Å². The molecular weight excluding hydrogens is 283 g/mol. The first-order valence-electron chi connectivity index (χ1n) is 5.65.